The molecule has 58 heavy (non-hydrogen) atoms. The van der Waals surface area contributed by atoms with Crippen molar-refractivity contribution in [3.63, 3.8) is 0 Å². The molecule has 4 aromatic rings. The fourth-order valence-corrected chi connectivity index (χ4v) is 8.05. The zero-order valence-corrected chi connectivity index (χ0v) is 38.5. The van der Waals surface area contributed by atoms with Crippen LogP contribution < -0.4 is 125 Å². The number of ether oxygens (including phenoxy) is 1. The Morgan fingerprint density at radius 1 is 1.03 bits per heavy atom. The molecule has 0 aliphatic carbocycles. The molecule has 1 saturated heterocycles. The monoisotopic (exact) mass is 863 g/mol. The molecule has 286 valence electrons. The standard InChI is InChI=1S/C32H27N7O14S2.3Na/c1-12-22(26(46)16-6-17(40)18(41)7-19(16)53-12)27(47)33-23(13-2-4-15(5-3-13)52-9-21(44)45)28(48)34-24-29(49)39-25(31(50)51)14(10-54-30(24)39)11-55-32-35-36-37-38(32)8-20(42)43;;;/h2-7,23-24,30,40-41H,8-11H2,1H3,(H,33,47)(H,34,48)(H,42,43)(H,44,45)(H,50,51);;;/q;3*+1/p-3/t23?,24-,30+;;;/m1.../s1. The first-order valence-electron chi connectivity index (χ1n) is 15.6. The topological polar surface area (TPSA) is 322 Å². The number of fused-ring (bicyclic) bond motifs is 2. The SMILES string of the molecule is Cc1oc2cc(O)c(O)cc2c(=O)c1C(=O)NC(C(=O)N[C@@H]1C(=O)N2C(C(=O)[O-])=C(CSc3nnnn3CC(=O)[O-])CS[C@@H]12)c1ccc(OCC(=O)[O-])cc1.[Na+].[Na+].[Na+]. The number of nitrogens with one attached hydrogen (secondary N) is 2. The number of benzene rings is 2. The number of aromatic nitrogens is 4. The quantitative estimate of drug-likeness (QED) is 0.0396. The maximum absolute atomic E-state index is 13.9. The second-order valence-electron chi connectivity index (χ2n) is 11.8. The number of carbonyl (C=O) groups excluding carboxylic acids is 6. The normalized spacial score (nSPS) is 16.0. The molecule has 0 radical (unpaired) electrons. The number of aromatic hydroxyl groups is 2. The van der Waals surface area contributed by atoms with Gasteiger partial charge in [0.2, 0.25) is 16.5 Å². The molecule has 0 saturated carbocycles. The van der Waals surface area contributed by atoms with Crippen molar-refractivity contribution in [3.05, 3.63) is 74.8 Å². The molecule has 21 nitrogen and oxygen atoms in total. The van der Waals surface area contributed by atoms with E-state index < -0.39 is 94.4 Å². The summed E-state index contributed by atoms with van der Waals surface area (Å²) in [6.45, 7) is -0.157. The predicted octanol–water partition coefficient (Wildman–Crippen LogP) is -12.9. The number of β-lactam (4-membered cyclic amide) rings is 1. The van der Waals surface area contributed by atoms with Crippen molar-refractivity contribution in [3.8, 4) is 17.2 Å². The zero-order valence-electron chi connectivity index (χ0n) is 30.9. The maximum atomic E-state index is 13.9. The number of nitrogens with zero attached hydrogens (tertiary/aromatic N) is 5. The van der Waals surface area contributed by atoms with Crippen molar-refractivity contribution in [1.29, 1.82) is 0 Å². The Kier molecular flexibility index (Phi) is 17.3. The number of aryl methyl sites for hydroxylation is 1. The summed E-state index contributed by atoms with van der Waals surface area (Å²) >= 11 is 2.01. The van der Waals surface area contributed by atoms with E-state index in [1.807, 2.05) is 0 Å². The van der Waals surface area contributed by atoms with Crippen molar-refractivity contribution in [2.75, 3.05) is 18.1 Å². The van der Waals surface area contributed by atoms with Gasteiger partial charge in [-0.15, -0.1) is 16.9 Å². The van der Waals surface area contributed by atoms with Crippen LogP contribution in [-0.4, -0.2) is 100 Å². The Balaban J connectivity index is 0.00000300. The van der Waals surface area contributed by atoms with Gasteiger partial charge < -0.3 is 59.7 Å². The first-order chi connectivity index (χ1) is 26.1. The van der Waals surface area contributed by atoms with Gasteiger partial charge >= 0.3 is 88.7 Å². The van der Waals surface area contributed by atoms with E-state index >= 15 is 0 Å². The molecular weight excluding hydrogens is 839 g/mol. The maximum Gasteiger partial charge on any atom is 1.00 e. The van der Waals surface area contributed by atoms with Gasteiger partial charge in [0, 0.05) is 17.6 Å². The molecule has 2 aromatic heterocycles. The summed E-state index contributed by atoms with van der Waals surface area (Å²) in [4.78, 5) is 89.5. The largest absolute Gasteiger partial charge is 1.00 e. The minimum Gasteiger partial charge on any atom is -0.548 e. The number of carboxylic acid groups (broad SMARTS) is 3. The van der Waals surface area contributed by atoms with Crippen LogP contribution in [0.5, 0.6) is 17.2 Å². The number of carboxylic acids is 3. The molecule has 2 aromatic carbocycles. The van der Waals surface area contributed by atoms with Crippen molar-refractivity contribution in [1.82, 2.24) is 35.7 Å². The van der Waals surface area contributed by atoms with Gasteiger partial charge in [-0.25, -0.2) is 4.68 Å². The minimum absolute atomic E-state index is 0. The fourth-order valence-electron chi connectivity index (χ4n) is 5.69. The van der Waals surface area contributed by atoms with Crippen LogP contribution in [0, 0.1) is 6.92 Å². The van der Waals surface area contributed by atoms with E-state index in [-0.39, 0.29) is 139 Å². The first kappa shape index (κ1) is 48.7. The molecule has 2 aliphatic rings. The van der Waals surface area contributed by atoms with Gasteiger partial charge in [0.05, 0.1) is 35.5 Å². The van der Waals surface area contributed by atoms with Crippen LogP contribution >= 0.6 is 23.5 Å². The summed E-state index contributed by atoms with van der Waals surface area (Å²) in [6, 6.07) is 4.14. The molecule has 1 unspecified atom stereocenters. The number of hydrogen-bond donors (Lipinski definition) is 4. The van der Waals surface area contributed by atoms with Crippen LogP contribution in [0.2, 0.25) is 0 Å². The Morgan fingerprint density at radius 3 is 2.34 bits per heavy atom. The van der Waals surface area contributed by atoms with E-state index in [0.717, 1.165) is 45.2 Å². The van der Waals surface area contributed by atoms with Crippen LogP contribution in [0.25, 0.3) is 11.0 Å². The Labute approximate surface area is 400 Å². The number of carbonyl (C=O) groups is 6. The summed E-state index contributed by atoms with van der Waals surface area (Å²) < 4.78 is 11.6. The average Bonchev–Trinajstić information content (AvgIpc) is 3.57. The number of hydrogen-bond acceptors (Lipinski definition) is 19. The molecule has 0 spiro atoms. The molecule has 3 amide bonds. The van der Waals surface area contributed by atoms with Gasteiger partial charge in [-0.3, -0.25) is 24.1 Å². The fraction of sp³-hybridized carbons (Fsp3) is 0.250. The van der Waals surface area contributed by atoms with Crippen molar-refractivity contribution in [2.45, 2.75) is 36.1 Å². The second kappa shape index (κ2) is 20.6. The van der Waals surface area contributed by atoms with Gasteiger partial charge in [0.15, 0.2) is 11.5 Å². The van der Waals surface area contributed by atoms with E-state index in [2.05, 4.69) is 26.2 Å². The van der Waals surface area contributed by atoms with E-state index in [9.17, 15) is 59.1 Å². The molecule has 2 aliphatic heterocycles. The van der Waals surface area contributed by atoms with Crippen LogP contribution in [0.4, 0.5) is 0 Å². The third-order valence-electron chi connectivity index (χ3n) is 8.19. The third-order valence-corrected chi connectivity index (χ3v) is 10.6. The van der Waals surface area contributed by atoms with E-state index in [0.29, 0.717) is 0 Å². The molecular formula is C32H24N7Na3O14S2. The summed E-state index contributed by atoms with van der Waals surface area (Å²) in [5.74, 6) is -8.99. The van der Waals surface area contributed by atoms with Crippen LogP contribution in [-0.2, 0) is 30.5 Å². The summed E-state index contributed by atoms with van der Waals surface area (Å²) in [7, 11) is 0. The Bertz CT molecular complexity index is 2380. The summed E-state index contributed by atoms with van der Waals surface area (Å²) in [5, 5.41) is 68.4. The zero-order chi connectivity index (χ0) is 39.7. The van der Waals surface area contributed by atoms with E-state index in [4.69, 9.17) is 9.15 Å². The van der Waals surface area contributed by atoms with Gasteiger partial charge in [-0.2, -0.15) is 0 Å². The van der Waals surface area contributed by atoms with Crippen molar-refractivity contribution in [2.24, 2.45) is 0 Å². The van der Waals surface area contributed by atoms with Crippen LogP contribution in [0.15, 0.2) is 62.0 Å². The van der Waals surface area contributed by atoms with Gasteiger partial charge in [-0.1, -0.05) is 23.9 Å². The molecule has 3 atom stereocenters. The Hall–Kier alpha value is -3.62. The van der Waals surface area contributed by atoms with Crippen molar-refractivity contribution < 1.29 is 152 Å². The number of aliphatic carboxylic acids is 3. The third kappa shape index (κ3) is 10.4. The summed E-state index contributed by atoms with van der Waals surface area (Å²) in [6.07, 6.45) is 0. The number of phenolic OH excluding ortho intramolecular Hbond substituents is 2. The molecule has 6 rings (SSSR count). The van der Waals surface area contributed by atoms with Crippen molar-refractivity contribution >= 4 is 70.1 Å². The number of thioether (sulfide) groups is 2. The van der Waals surface area contributed by atoms with Gasteiger partial charge in [-0.05, 0) is 46.7 Å². The molecule has 0 bridgehead atoms. The van der Waals surface area contributed by atoms with E-state index in [1.165, 1.54) is 31.2 Å². The van der Waals surface area contributed by atoms with E-state index in [1.54, 1.807) is 0 Å². The van der Waals surface area contributed by atoms with Gasteiger partial charge in [0.25, 0.3) is 11.8 Å². The minimum atomic E-state index is -1.69. The number of phenols is 2. The van der Waals surface area contributed by atoms with Gasteiger partial charge in [0.1, 0.15) is 46.7 Å². The smallest absolute Gasteiger partial charge is 0.548 e. The van der Waals surface area contributed by atoms with Crippen LogP contribution in [0.1, 0.15) is 27.7 Å². The molecule has 4 heterocycles. The number of tetrazole rings is 1. The molecule has 4 N–H and O–H groups in total. The first-order valence-corrected chi connectivity index (χ1v) is 17.7. The number of amides is 3. The molecule has 1 fully saturated rings. The second-order valence-corrected chi connectivity index (χ2v) is 13.8. The molecule has 26 heteroatoms. The number of rotatable bonds is 14. The predicted molar refractivity (Wildman–Crippen MR) is 178 cm³/mol. The Morgan fingerprint density at radius 2 is 1.71 bits per heavy atom. The summed E-state index contributed by atoms with van der Waals surface area (Å²) in [5.41, 5.74) is -1.76. The van der Waals surface area contributed by atoms with Crippen LogP contribution in [0.3, 0.4) is 0 Å². The average molecular weight is 864 g/mol.